The molecule has 2 aliphatic rings. The van der Waals surface area contributed by atoms with E-state index in [9.17, 15) is 12.8 Å². The summed E-state index contributed by atoms with van der Waals surface area (Å²) in [6.07, 6.45) is 3.91. The molecule has 96 valence electrons. The van der Waals surface area contributed by atoms with Gasteiger partial charge in [0.1, 0.15) is 5.82 Å². The minimum absolute atomic E-state index is 0.108. The second kappa shape index (κ2) is 4.17. The van der Waals surface area contributed by atoms with Crippen molar-refractivity contribution in [3.8, 4) is 0 Å². The summed E-state index contributed by atoms with van der Waals surface area (Å²) in [5.41, 5.74) is 0.602. The lowest BCUT2D eigenvalue weighted by Crippen LogP contribution is -2.24. The van der Waals surface area contributed by atoms with Crippen molar-refractivity contribution in [1.29, 1.82) is 0 Å². The summed E-state index contributed by atoms with van der Waals surface area (Å²) in [5.74, 6) is -0.506. The Morgan fingerprint density at radius 2 is 1.94 bits per heavy atom. The molecule has 5 heteroatoms. The zero-order valence-electron chi connectivity index (χ0n) is 9.89. The van der Waals surface area contributed by atoms with Gasteiger partial charge in [-0.2, -0.15) is 0 Å². The van der Waals surface area contributed by atoms with Gasteiger partial charge in [-0.25, -0.2) is 12.8 Å². The summed E-state index contributed by atoms with van der Waals surface area (Å²) in [4.78, 5) is 2.63. The maximum atomic E-state index is 13.1. The number of likely N-dealkylation sites (tertiary alicyclic amines) is 1. The Hall–Kier alpha value is -1.20. The lowest BCUT2D eigenvalue weighted by molar-refractivity contribution is 0.374. The van der Waals surface area contributed by atoms with E-state index in [-0.39, 0.29) is 4.90 Å². The molecule has 1 fully saturated rings. The maximum Gasteiger partial charge on any atom is 0.204 e. The average molecular weight is 267 g/mol. The molecule has 0 aromatic heterocycles. The van der Waals surface area contributed by atoms with E-state index in [0.29, 0.717) is 17.0 Å². The standard InChI is InChI=1S/C13H14FNO2S/c14-11-4-3-10-7-12(9-15-5-1-2-6-15)18(16,17)13(10)8-11/h3-4,7-8H,1-2,5-6,9H2. The second-order valence-electron chi connectivity index (χ2n) is 4.78. The molecule has 0 unspecified atom stereocenters. The van der Waals surface area contributed by atoms with Crippen LogP contribution in [0.5, 0.6) is 0 Å². The summed E-state index contributed by atoms with van der Waals surface area (Å²) in [5, 5.41) is 0. The van der Waals surface area contributed by atoms with E-state index in [4.69, 9.17) is 0 Å². The van der Waals surface area contributed by atoms with Crippen LogP contribution in [0.15, 0.2) is 28.0 Å². The average Bonchev–Trinajstić information content (AvgIpc) is 2.90. The van der Waals surface area contributed by atoms with Gasteiger partial charge in [-0.3, -0.25) is 4.90 Å². The van der Waals surface area contributed by atoms with Crippen molar-refractivity contribution in [2.75, 3.05) is 19.6 Å². The van der Waals surface area contributed by atoms with Crippen LogP contribution >= 0.6 is 0 Å². The number of halogens is 1. The molecule has 1 saturated heterocycles. The van der Waals surface area contributed by atoms with E-state index in [1.165, 1.54) is 12.1 Å². The molecule has 0 radical (unpaired) electrons. The van der Waals surface area contributed by atoms with Crippen molar-refractivity contribution >= 4 is 15.9 Å². The highest BCUT2D eigenvalue weighted by atomic mass is 32.2. The van der Waals surface area contributed by atoms with Crippen molar-refractivity contribution in [3.05, 3.63) is 34.5 Å². The molecule has 0 spiro atoms. The minimum Gasteiger partial charge on any atom is -0.298 e. The van der Waals surface area contributed by atoms with E-state index in [1.807, 2.05) is 0 Å². The third-order valence-corrected chi connectivity index (χ3v) is 5.37. The Bertz CT molecular complexity index is 616. The molecular weight excluding hydrogens is 253 g/mol. The SMILES string of the molecule is O=S1(=O)C(CN2CCCC2)=Cc2ccc(F)cc21. The van der Waals surface area contributed by atoms with Gasteiger partial charge in [0, 0.05) is 6.54 Å². The molecule has 3 rings (SSSR count). The first-order chi connectivity index (χ1) is 8.57. The number of fused-ring (bicyclic) bond motifs is 1. The van der Waals surface area contributed by atoms with Crippen LogP contribution in [0.4, 0.5) is 4.39 Å². The summed E-state index contributed by atoms with van der Waals surface area (Å²) in [7, 11) is -3.48. The summed E-state index contributed by atoms with van der Waals surface area (Å²) in [6, 6.07) is 3.93. The molecule has 1 aromatic carbocycles. The van der Waals surface area contributed by atoms with Gasteiger partial charge < -0.3 is 0 Å². The Kier molecular flexibility index (Phi) is 2.75. The molecule has 0 bridgehead atoms. The van der Waals surface area contributed by atoms with Crippen LogP contribution < -0.4 is 0 Å². The predicted octanol–water partition coefficient (Wildman–Crippen LogP) is 2.05. The van der Waals surface area contributed by atoms with E-state index < -0.39 is 15.7 Å². The Morgan fingerprint density at radius 3 is 2.67 bits per heavy atom. The molecule has 2 aliphatic heterocycles. The number of hydrogen-bond acceptors (Lipinski definition) is 3. The van der Waals surface area contributed by atoms with Gasteiger partial charge in [0.25, 0.3) is 0 Å². The highest BCUT2D eigenvalue weighted by Gasteiger charge is 2.31. The molecule has 0 amide bonds. The fourth-order valence-corrected chi connectivity index (χ4v) is 4.17. The van der Waals surface area contributed by atoms with Gasteiger partial charge in [-0.15, -0.1) is 0 Å². The van der Waals surface area contributed by atoms with Crippen molar-refractivity contribution < 1.29 is 12.8 Å². The first kappa shape index (κ1) is 11.9. The first-order valence-electron chi connectivity index (χ1n) is 6.05. The second-order valence-corrected chi connectivity index (χ2v) is 6.75. The normalized spacial score (nSPS) is 21.9. The first-order valence-corrected chi connectivity index (χ1v) is 7.53. The Morgan fingerprint density at radius 1 is 1.22 bits per heavy atom. The molecule has 3 nitrogen and oxygen atoms in total. The number of hydrogen-bond donors (Lipinski definition) is 0. The van der Waals surface area contributed by atoms with Crippen LogP contribution in [-0.4, -0.2) is 33.0 Å². The zero-order chi connectivity index (χ0) is 12.8. The van der Waals surface area contributed by atoms with Gasteiger partial charge in [0.15, 0.2) is 0 Å². The highest BCUT2D eigenvalue weighted by molar-refractivity contribution is 7.95. The molecule has 0 N–H and O–H groups in total. The van der Waals surface area contributed by atoms with Crippen LogP contribution in [0.3, 0.4) is 0 Å². The van der Waals surface area contributed by atoms with Crippen LogP contribution in [0.2, 0.25) is 0 Å². The predicted molar refractivity (Wildman–Crippen MR) is 67.2 cm³/mol. The smallest absolute Gasteiger partial charge is 0.204 e. The maximum absolute atomic E-state index is 13.1. The summed E-state index contributed by atoms with van der Waals surface area (Å²) < 4.78 is 37.7. The molecule has 0 aliphatic carbocycles. The number of benzene rings is 1. The van der Waals surface area contributed by atoms with Gasteiger partial charge in [-0.1, -0.05) is 6.07 Å². The summed E-state index contributed by atoms with van der Waals surface area (Å²) >= 11 is 0. The van der Waals surface area contributed by atoms with Crippen LogP contribution in [0.25, 0.3) is 6.08 Å². The van der Waals surface area contributed by atoms with Crippen LogP contribution in [0.1, 0.15) is 18.4 Å². The van der Waals surface area contributed by atoms with Crippen molar-refractivity contribution in [2.24, 2.45) is 0 Å². The number of nitrogens with zero attached hydrogens (tertiary/aromatic N) is 1. The van der Waals surface area contributed by atoms with Gasteiger partial charge in [-0.05, 0) is 49.7 Å². The monoisotopic (exact) mass is 267 g/mol. The molecule has 18 heavy (non-hydrogen) atoms. The minimum atomic E-state index is -3.48. The molecule has 0 saturated carbocycles. The highest BCUT2D eigenvalue weighted by Crippen LogP contribution is 2.33. The van der Waals surface area contributed by atoms with E-state index in [2.05, 4.69) is 4.90 Å². The lowest BCUT2D eigenvalue weighted by atomic mass is 10.2. The Labute approximate surface area is 106 Å². The van der Waals surface area contributed by atoms with E-state index >= 15 is 0 Å². The number of sulfone groups is 1. The van der Waals surface area contributed by atoms with E-state index in [1.54, 1.807) is 6.08 Å². The topological polar surface area (TPSA) is 37.4 Å². The van der Waals surface area contributed by atoms with Crippen molar-refractivity contribution in [3.63, 3.8) is 0 Å². The largest absolute Gasteiger partial charge is 0.298 e. The molecule has 0 atom stereocenters. The van der Waals surface area contributed by atoms with Crippen molar-refractivity contribution in [2.45, 2.75) is 17.7 Å². The van der Waals surface area contributed by atoms with E-state index in [0.717, 1.165) is 32.0 Å². The fourth-order valence-electron chi connectivity index (χ4n) is 2.54. The molecule has 1 aromatic rings. The van der Waals surface area contributed by atoms with Gasteiger partial charge >= 0.3 is 0 Å². The number of rotatable bonds is 2. The fraction of sp³-hybridized carbons (Fsp3) is 0.385. The zero-order valence-corrected chi connectivity index (χ0v) is 10.7. The molecule has 2 heterocycles. The quantitative estimate of drug-likeness (QED) is 0.823. The van der Waals surface area contributed by atoms with Crippen LogP contribution in [0, 0.1) is 5.82 Å². The summed E-state index contributed by atoms with van der Waals surface area (Å²) in [6.45, 7) is 2.33. The molecular formula is C13H14FNO2S. The Balaban J connectivity index is 1.94. The van der Waals surface area contributed by atoms with Crippen molar-refractivity contribution in [1.82, 2.24) is 4.90 Å². The third-order valence-electron chi connectivity index (χ3n) is 3.50. The third kappa shape index (κ3) is 1.87. The van der Waals surface area contributed by atoms with Crippen LogP contribution in [-0.2, 0) is 9.84 Å². The lowest BCUT2D eigenvalue weighted by Gasteiger charge is -2.14. The van der Waals surface area contributed by atoms with Gasteiger partial charge in [0.2, 0.25) is 9.84 Å². The van der Waals surface area contributed by atoms with Gasteiger partial charge in [0.05, 0.1) is 9.80 Å².